The average Bonchev–Trinajstić information content (AvgIpc) is 3.24. The van der Waals surface area contributed by atoms with Crippen molar-refractivity contribution >= 4 is 34.8 Å². The summed E-state index contributed by atoms with van der Waals surface area (Å²) in [7, 11) is 0. The number of halogens is 1. The molecule has 1 aliphatic heterocycles. The first-order valence-electron chi connectivity index (χ1n) is 11.0. The fourth-order valence-corrected chi connectivity index (χ4v) is 4.50. The van der Waals surface area contributed by atoms with Gasteiger partial charge in [0, 0.05) is 28.4 Å². The number of nitrogens with zero attached hydrogens (tertiary/aromatic N) is 2. The van der Waals surface area contributed by atoms with E-state index in [-0.39, 0.29) is 11.7 Å². The van der Waals surface area contributed by atoms with Crippen molar-refractivity contribution in [1.82, 2.24) is 9.78 Å². The van der Waals surface area contributed by atoms with Crippen molar-refractivity contribution in [1.29, 1.82) is 0 Å². The molecular weight excluding hydrogens is 440 g/mol. The number of hydrogen-bond acceptors (Lipinski definition) is 5. The third-order valence-electron chi connectivity index (χ3n) is 5.89. The number of carbonyl (C=O) groups excluding carboxylic acids is 2. The van der Waals surface area contributed by atoms with Crippen LogP contribution in [0, 0.1) is 0 Å². The maximum Gasteiger partial charge on any atom is 0.261 e. The molecule has 2 aliphatic rings. The Bertz CT molecular complexity index is 1250. The molecule has 0 fully saturated rings. The zero-order chi connectivity index (χ0) is 22.9. The summed E-state index contributed by atoms with van der Waals surface area (Å²) >= 11 is 5.94. The number of benzene rings is 2. The highest BCUT2D eigenvalue weighted by atomic mass is 35.5. The van der Waals surface area contributed by atoms with Gasteiger partial charge in [0.05, 0.1) is 12.8 Å². The number of ketones is 1. The van der Waals surface area contributed by atoms with Gasteiger partial charge in [-0.3, -0.25) is 9.59 Å². The van der Waals surface area contributed by atoms with Crippen LogP contribution in [0.15, 0.2) is 66.0 Å². The van der Waals surface area contributed by atoms with Gasteiger partial charge in [0.2, 0.25) is 0 Å². The van der Waals surface area contributed by atoms with Crippen LogP contribution < -0.4 is 15.4 Å². The maximum absolute atomic E-state index is 13.1. The Morgan fingerprint density at radius 3 is 2.67 bits per heavy atom. The molecule has 0 bridgehead atoms. The summed E-state index contributed by atoms with van der Waals surface area (Å²) in [5.41, 5.74) is 3.53. The quantitative estimate of drug-likeness (QED) is 0.543. The predicted molar refractivity (Wildman–Crippen MR) is 127 cm³/mol. The average molecular weight is 463 g/mol. The van der Waals surface area contributed by atoms with Gasteiger partial charge in [-0.25, -0.2) is 4.68 Å². The largest absolute Gasteiger partial charge is 0.494 e. The Morgan fingerprint density at radius 1 is 1.18 bits per heavy atom. The Hall–Kier alpha value is -3.58. The van der Waals surface area contributed by atoms with Crippen LogP contribution in [0.4, 0.5) is 11.5 Å². The lowest BCUT2D eigenvalue weighted by Crippen LogP contribution is -2.32. The molecular formula is C25H23ClN4O3. The molecule has 5 rings (SSSR count). The Balaban J connectivity index is 1.53. The highest BCUT2D eigenvalue weighted by Crippen LogP contribution is 2.41. The van der Waals surface area contributed by atoms with Gasteiger partial charge in [-0.1, -0.05) is 23.7 Å². The van der Waals surface area contributed by atoms with Crippen LogP contribution in [0.3, 0.4) is 0 Å². The van der Waals surface area contributed by atoms with Crippen molar-refractivity contribution in [3.05, 3.63) is 82.1 Å². The van der Waals surface area contributed by atoms with Crippen LogP contribution >= 0.6 is 11.6 Å². The summed E-state index contributed by atoms with van der Waals surface area (Å²) in [6, 6.07) is 14.2. The maximum atomic E-state index is 13.1. The minimum Gasteiger partial charge on any atom is -0.494 e. The fraction of sp³-hybridized carbons (Fsp3) is 0.240. The Labute approximate surface area is 196 Å². The normalized spacial score (nSPS) is 17.2. The number of amides is 1. The van der Waals surface area contributed by atoms with Crippen LogP contribution in [-0.2, 0) is 4.79 Å². The van der Waals surface area contributed by atoms with Crippen molar-refractivity contribution in [3.8, 4) is 5.75 Å². The van der Waals surface area contributed by atoms with E-state index in [1.807, 2.05) is 31.2 Å². The third kappa shape index (κ3) is 4.00. The number of hydrogen-bond donors (Lipinski definition) is 2. The molecule has 0 saturated heterocycles. The highest BCUT2D eigenvalue weighted by Gasteiger charge is 2.37. The summed E-state index contributed by atoms with van der Waals surface area (Å²) in [6.07, 6.45) is 3.58. The minimum atomic E-state index is -0.406. The minimum absolute atomic E-state index is 0.107. The topological polar surface area (TPSA) is 85.2 Å². The van der Waals surface area contributed by atoms with Gasteiger partial charge in [0.25, 0.3) is 5.91 Å². The number of nitrogens with one attached hydrogen (secondary N) is 2. The van der Waals surface area contributed by atoms with Crippen molar-refractivity contribution in [3.63, 3.8) is 0 Å². The number of ether oxygens (including phenoxy) is 1. The van der Waals surface area contributed by atoms with Gasteiger partial charge in [-0.05, 0) is 61.7 Å². The van der Waals surface area contributed by atoms with E-state index in [9.17, 15) is 9.59 Å². The second kappa shape index (κ2) is 8.75. The van der Waals surface area contributed by atoms with Crippen molar-refractivity contribution < 1.29 is 14.3 Å². The Kier molecular flexibility index (Phi) is 5.64. The second-order valence-corrected chi connectivity index (χ2v) is 8.45. The van der Waals surface area contributed by atoms with Crippen molar-refractivity contribution in [2.45, 2.75) is 32.2 Å². The van der Waals surface area contributed by atoms with E-state index in [4.69, 9.17) is 16.3 Å². The van der Waals surface area contributed by atoms with Crippen LogP contribution in [0.1, 0.15) is 48.1 Å². The molecule has 0 saturated carbocycles. The molecule has 1 amide bonds. The first-order valence-corrected chi connectivity index (χ1v) is 11.3. The molecule has 3 aromatic rings. The summed E-state index contributed by atoms with van der Waals surface area (Å²) in [4.78, 5) is 26.0. The lowest BCUT2D eigenvalue weighted by Gasteiger charge is -2.33. The monoisotopic (exact) mass is 462 g/mol. The highest BCUT2D eigenvalue weighted by molar-refractivity contribution is 6.30. The molecule has 1 atom stereocenters. The van der Waals surface area contributed by atoms with E-state index in [0.29, 0.717) is 40.7 Å². The van der Waals surface area contributed by atoms with Gasteiger partial charge in [0.15, 0.2) is 5.78 Å². The number of aromatic nitrogens is 2. The first kappa shape index (κ1) is 21.3. The number of allylic oxidation sites excluding steroid dienone is 2. The van der Waals surface area contributed by atoms with E-state index >= 15 is 0 Å². The standard InChI is InChI=1S/C25H23ClN4O3/c1-2-33-18-12-6-15(7-13-18)23-22-20(4-3-5-21(22)31)29-24-19(14-27-30(23)24)25(32)28-17-10-8-16(26)9-11-17/h6-14,23,29H,2-5H2,1H3,(H,28,32)/t23-/m1/s1. The fourth-order valence-electron chi connectivity index (χ4n) is 4.38. The summed E-state index contributed by atoms with van der Waals surface area (Å²) < 4.78 is 7.30. The number of rotatable bonds is 5. The molecule has 7 nitrogen and oxygen atoms in total. The molecule has 168 valence electrons. The van der Waals surface area contributed by atoms with E-state index in [0.717, 1.165) is 29.9 Å². The predicted octanol–water partition coefficient (Wildman–Crippen LogP) is 5.21. The van der Waals surface area contributed by atoms with Crippen LogP contribution in [0.2, 0.25) is 5.02 Å². The number of carbonyl (C=O) groups is 2. The third-order valence-corrected chi connectivity index (χ3v) is 6.14. The molecule has 0 unspecified atom stereocenters. The zero-order valence-electron chi connectivity index (χ0n) is 18.1. The van der Waals surface area contributed by atoms with Crippen LogP contribution in [0.5, 0.6) is 5.75 Å². The number of fused-ring (bicyclic) bond motifs is 1. The second-order valence-electron chi connectivity index (χ2n) is 8.01. The molecule has 2 N–H and O–H groups in total. The molecule has 1 aliphatic carbocycles. The number of anilines is 2. The summed E-state index contributed by atoms with van der Waals surface area (Å²) in [5, 5.41) is 11.4. The van der Waals surface area contributed by atoms with E-state index in [1.165, 1.54) is 6.20 Å². The molecule has 0 spiro atoms. The molecule has 1 aromatic heterocycles. The van der Waals surface area contributed by atoms with E-state index < -0.39 is 6.04 Å². The molecule has 2 heterocycles. The van der Waals surface area contributed by atoms with E-state index in [2.05, 4.69) is 15.7 Å². The number of Topliss-reactive ketones (excluding diaryl/α,β-unsaturated/α-hetero) is 1. The zero-order valence-corrected chi connectivity index (χ0v) is 18.9. The summed E-state index contributed by atoms with van der Waals surface area (Å²) in [5.74, 6) is 1.16. The van der Waals surface area contributed by atoms with Crippen LogP contribution in [0.25, 0.3) is 0 Å². The molecule has 33 heavy (non-hydrogen) atoms. The van der Waals surface area contributed by atoms with Crippen molar-refractivity contribution in [2.75, 3.05) is 17.2 Å². The van der Waals surface area contributed by atoms with Crippen LogP contribution in [-0.4, -0.2) is 28.1 Å². The lowest BCUT2D eigenvalue weighted by molar-refractivity contribution is -0.116. The molecule has 2 aromatic carbocycles. The smallest absolute Gasteiger partial charge is 0.261 e. The molecule has 0 radical (unpaired) electrons. The van der Waals surface area contributed by atoms with Gasteiger partial charge >= 0.3 is 0 Å². The Morgan fingerprint density at radius 2 is 1.94 bits per heavy atom. The van der Waals surface area contributed by atoms with Gasteiger partial charge < -0.3 is 15.4 Å². The lowest BCUT2D eigenvalue weighted by atomic mass is 9.85. The van der Waals surface area contributed by atoms with Gasteiger partial charge in [-0.15, -0.1) is 0 Å². The molecule has 8 heteroatoms. The summed E-state index contributed by atoms with van der Waals surface area (Å²) in [6.45, 7) is 2.51. The first-order chi connectivity index (χ1) is 16.0. The van der Waals surface area contributed by atoms with E-state index in [1.54, 1.807) is 28.9 Å². The van der Waals surface area contributed by atoms with Gasteiger partial charge in [-0.2, -0.15) is 5.10 Å². The SMILES string of the molecule is CCOc1ccc([C@@H]2C3=C(CCCC3=O)Nc3c(C(=O)Nc4ccc(Cl)cc4)cnn32)cc1. The van der Waals surface area contributed by atoms with Crippen molar-refractivity contribution in [2.24, 2.45) is 0 Å². The van der Waals surface area contributed by atoms with Gasteiger partial charge in [0.1, 0.15) is 23.2 Å².